The topological polar surface area (TPSA) is 58.6 Å². The summed E-state index contributed by atoms with van der Waals surface area (Å²) in [6.45, 7) is 0.525. The van der Waals surface area contributed by atoms with Gasteiger partial charge in [-0.3, -0.25) is 9.59 Å². The Hall–Kier alpha value is -2.82. The van der Waals surface area contributed by atoms with Crippen molar-refractivity contribution >= 4 is 17.5 Å². The average Bonchev–Trinajstić information content (AvgIpc) is 3.33. The van der Waals surface area contributed by atoms with Crippen molar-refractivity contribution in [3.63, 3.8) is 0 Å². The van der Waals surface area contributed by atoms with Crippen LogP contribution in [0.5, 0.6) is 11.5 Å². The van der Waals surface area contributed by atoms with Gasteiger partial charge < -0.3 is 15.0 Å². The van der Waals surface area contributed by atoms with Gasteiger partial charge in [-0.15, -0.1) is 0 Å². The number of nitrogens with zero attached hydrogens (tertiary/aromatic N) is 1. The van der Waals surface area contributed by atoms with Gasteiger partial charge in [-0.05, 0) is 37.1 Å². The molecule has 2 amide bonds. The van der Waals surface area contributed by atoms with Gasteiger partial charge in [0, 0.05) is 19.0 Å². The Balaban J connectivity index is 1.43. The lowest BCUT2D eigenvalue weighted by atomic mass is 10.1. The Morgan fingerprint density at radius 1 is 1.00 bits per heavy atom. The summed E-state index contributed by atoms with van der Waals surface area (Å²) < 4.78 is 5.90. The maximum absolute atomic E-state index is 12.8. The number of rotatable bonds is 5. The summed E-state index contributed by atoms with van der Waals surface area (Å²) in [5.41, 5.74) is 0.623. The molecule has 2 aromatic rings. The van der Waals surface area contributed by atoms with Gasteiger partial charge in [0.05, 0.1) is 11.6 Å². The minimum Gasteiger partial charge on any atom is -0.455 e. The first-order chi connectivity index (χ1) is 13.2. The van der Waals surface area contributed by atoms with Crippen LogP contribution < -0.4 is 10.1 Å². The fourth-order valence-corrected chi connectivity index (χ4v) is 3.99. The fourth-order valence-electron chi connectivity index (χ4n) is 3.99. The highest BCUT2D eigenvalue weighted by Crippen LogP contribution is 2.32. The van der Waals surface area contributed by atoms with Crippen molar-refractivity contribution in [2.75, 3.05) is 11.9 Å². The van der Waals surface area contributed by atoms with Gasteiger partial charge in [-0.2, -0.15) is 0 Å². The average molecular weight is 364 g/mol. The first-order valence-electron chi connectivity index (χ1n) is 9.63. The van der Waals surface area contributed by atoms with Crippen LogP contribution in [-0.2, 0) is 9.59 Å². The van der Waals surface area contributed by atoms with Crippen LogP contribution in [0.1, 0.15) is 32.1 Å². The molecule has 0 radical (unpaired) electrons. The molecular formula is C22H24N2O3. The zero-order chi connectivity index (χ0) is 18.6. The molecule has 0 spiro atoms. The number of carbonyl (C=O) groups is 2. The van der Waals surface area contributed by atoms with Gasteiger partial charge in [0.15, 0.2) is 5.75 Å². The van der Waals surface area contributed by atoms with Crippen LogP contribution in [0.4, 0.5) is 5.69 Å². The highest BCUT2D eigenvalue weighted by Gasteiger charge is 2.38. The molecule has 5 nitrogen and oxygen atoms in total. The van der Waals surface area contributed by atoms with Gasteiger partial charge in [0.2, 0.25) is 11.8 Å². The van der Waals surface area contributed by atoms with E-state index in [-0.39, 0.29) is 17.7 Å². The maximum Gasteiger partial charge on any atom is 0.229 e. The SMILES string of the molecule is O=C(Nc1ccccc1Oc1ccccc1)C1CC(=O)N(C2CCCC2)C1. The van der Waals surface area contributed by atoms with E-state index in [0.717, 1.165) is 12.8 Å². The maximum atomic E-state index is 12.8. The van der Waals surface area contributed by atoms with E-state index >= 15 is 0 Å². The number of hydrogen-bond acceptors (Lipinski definition) is 3. The van der Waals surface area contributed by atoms with E-state index in [2.05, 4.69) is 5.32 Å². The highest BCUT2D eigenvalue weighted by atomic mass is 16.5. The lowest BCUT2D eigenvalue weighted by molar-refractivity contribution is -0.129. The van der Waals surface area contributed by atoms with Crippen molar-refractivity contribution in [1.82, 2.24) is 4.90 Å². The summed E-state index contributed by atoms with van der Waals surface area (Å²) in [6, 6.07) is 17.2. The molecule has 4 rings (SSSR count). The van der Waals surface area contributed by atoms with Crippen LogP contribution in [0.15, 0.2) is 54.6 Å². The Bertz CT molecular complexity index is 815. The zero-order valence-electron chi connectivity index (χ0n) is 15.3. The van der Waals surface area contributed by atoms with Crippen molar-refractivity contribution in [3.8, 4) is 11.5 Å². The van der Waals surface area contributed by atoms with E-state index in [1.807, 2.05) is 59.5 Å². The minimum atomic E-state index is -0.303. The monoisotopic (exact) mass is 364 g/mol. The zero-order valence-corrected chi connectivity index (χ0v) is 15.3. The number of amides is 2. The van der Waals surface area contributed by atoms with Gasteiger partial charge in [-0.1, -0.05) is 43.2 Å². The Kier molecular flexibility index (Phi) is 5.10. The Labute approximate surface area is 159 Å². The molecule has 1 atom stereocenters. The third-order valence-corrected chi connectivity index (χ3v) is 5.41. The van der Waals surface area contributed by atoms with Crippen molar-refractivity contribution in [3.05, 3.63) is 54.6 Å². The second kappa shape index (κ2) is 7.82. The van der Waals surface area contributed by atoms with Crippen molar-refractivity contribution < 1.29 is 14.3 Å². The normalized spacial score (nSPS) is 20.1. The van der Waals surface area contributed by atoms with E-state index < -0.39 is 0 Å². The molecular weight excluding hydrogens is 340 g/mol. The molecule has 2 aromatic carbocycles. The lowest BCUT2D eigenvalue weighted by Gasteiger charge is -2.24. The molecule has 2 aliphatic rings. The number of carbonyl (C=O) groups excluding carboxylic acids is 2. The molecule has 1 saturated heterocycles. The smallest absolute Gasteiger partial charge is 0.229 e. The summed E-state index contributed by atoms with van der Waals surface area (Å²) in [5, 5.41) is 2.96. The van der Waals surface area contributed by atoms with Gasteiger partial charge >= 0.3 is 0 Å². The number of anilines is 1. The summed E-state index contributed by atoms with van der Waals surface area (Å²) in [5.74, 6) is 0.989. The molecule has 1 aliphatic carbocycles. The highest BCUT2D eigenvalue weighted by molar-refractivity contribution is 5.98. The molecule has 0 bridgehead atoms. The van der Waals surface area contributed by atoms with Gasteiger partial charge in [0.1, 0.15) is 5.75 Å². The summed E-state index contributed by atoms with van der Waals surface area (Å²) in [4.78, 5) is 27.1. The number of para-hydroxylation sites is 3. The number of benzene rings is 2. The van der Waals surface area contributed by atoms with Crippen LogP contribution in [0.3, 0.4) is 0 Å². The minimum absolute atomic E-state index is 0.107. The molecule has 1 unspecified atom stereocenters. The molecule has 1 N–H and O–H groups in total. The number of likely N-dealkylation sites (tertiary alicyclic amines) is 1. The predicted molar refractivity (Wildman–Crippen MR) is 104 cm³/mol. The third-order valence-electron chi connectivity index (χ3n) is 5.41. The molecule has 140 valence electrons. The number of ether oxygens (including phenoxy) is 1. The Morgan fingerprint density at radius 3 is 2.48 bits per heavy atom. The van der Waals surface area contributed by atoms with Gasteiger partial charge in [-0.25, -0.2) is 0 Å². The quantitative estimate of drug-likeness (QED) is 0.865. The fraction of sp³-hybridized carbons (Fsp3) is 0.364. The van der Waals surface area contributed by atoms with Crippen LogP contribution in [0.2, 0.25) is 0 Å². The predicted octanol–water partition coefficient (Wildman–Crippen LogP) is 4.21. The first kappa shape index (κ1) is 17.6. The van der Waals surface area contributed by atoms with Crippen LogP contribution >= 0.6 is 0 Å². The molecule has 2 fully saturated rings. The van der Waals surface area contributed by atoms with E-state index in [0.29, 0.717) is 36.2 Å². The molecule has 1 saturated carbocycles. The van der Waals surface area contributed by atoms with E-state index in [9.17, 15) is 9.59 Å². The molecule has 1 heterocycles. The van der Waals surface area contributed by atoms with E-state index in [1.165, 1.54) is 12.8 Å². The molecule has 0 aromatic heterocycles. The molecule has 1 aliphatic heterocycles. The van der Waals surface area contributed by atoms with Crippen LogP contribution in [0, 0.1) is 5.92 Å². The van der Waals surface area contributed by atoms with E-state index in [4.69, 9.17) is 4.74 Å². The van der Waals surface area contributed by atoms with E-state index in [1.54, 1.807) is 0 Å². The number of hydrogen-bond donors (Lipinski definition) is 1. The van der Waals surface area contributed by atoms with Crippen molar-refractivity contribution in [1.29, 1.82) is 0 Å². The summed E-state index contributed by atoms with van der Waals surface area (Å²) in [7, 11) is 0. The van der Waals surface area contributed by atoms with Gasteiger partial charge in [0.25, 0.3) is 0 Å². The second-order valence-corrected chi connectivity index (χ2v) is 7.29. The molecule has 5 heteroatoms. The molecule has 27 heavy (non-hydrogen) atoms. The van der Waals surface area contributed by atoms with Crippen LogP contribution in [-0.4, -0.2) is 29.3 Å². The van der Waals surface area contributed by atoms with Crippen molar-refractivity contribution in [2.24, 2.45) is 5.92 Å². The first-order valence-corrected chi connectivity index (χ1v) is 9.63. The number of nitrogens with one attached hydrogen (secondary N) is 1. The van der Waals surface area contributed by atoms with Crippen molar-refractivity contribution in [2.45, 2.75) is 38.1 Å². The second-order valence-electron chi connectivity index (χ2n) is 7.29. The third kappa shape index (κ3) is 3.97. The largest absolute Gasteiger partial charge is 0.455 e. The summed E-state index contributed by atoms with van der Waals surface area (Å²) in [6.07, 6.45) is 4.77. The summed E-state index contributed by atoms with van der Waals surface area (Å²) >= 11 is 0. The lowest BCUT2D eigenvalue weighted by Crippen LogP contribution is -2.35. The standard InChI is InChI=1S/C22H24N2O3/c25-21-14-16(15-24(21)17-8-4-5-9-17)22(26)23-19-12-6-7-13-20(19)27-18-10-2-1-3-11-18/h1-3,6-7,10-13,16-17H,4-5,8-9,14-15H2,(H,23,26). The Morgan fingerprint density at radius 2 is 1.70 bits per heavy atom. The van der Waals surface area contributed by atoms with Crippen LogP contribution in [0.25, 0.3) is 0 Å².